The minimum Gasteiger partial charge on any atom is -0.391 e. The molecule has 0 radical (unpaired) electrons. The summed E-state index contributed by atoms with van der Waals surface area (Å²) in [5, 5.41) is 14.6. The molecule has 1 saturated heterocycles. The summed E-state index contributed by atoms with van der Waals surface area (Å²) < 4.78 is 0. The fourth-order valence-corrected chi connectivity index (χ4v) is 3.28. The molecule has 1 aromatic heterocycles. The van der Waals surface area contributed by atoms with Crippen LogP contribution in [-0.4, -0.2) is 46.1 Å². The van der Waals surface area contributed by atoms with Crippen LogP contribution in [0.2, 0.25) is 0 Å². The highest BCUT2D eigenvalue weighted by Crippen LogP contribution is 2.18. The maximum atomic E-state index is 11.9. The summed E-state index contributed by atoms with van der Waals surface area (Å²) in [4.78, 5) is 17.5. The highest BCUT2D eigenvalue weighted by molar-refractivity contribution is 5.80. The van der Waals surface area contributed by atoms with Gasteiger partial charge in [0.15, 0.2) is 0 Å². The maximum absolute atomic E-state index is 11.9. The molecule has 0 bridgehead atoms. The van der Waals surface area contributed by atoms with E-state index in [1.54, 1.807) is 0 Å². The molecule has 1 aliphatic heterocycles. The molecular weight excluding hydrogens is 302 g/mol. The first-order chi connectivity index (χ1) is 11.5. The number of hydrogen-bond donors (Lipinski definition) is 3. The van der Waals surface area contributed by atoms with Crippen molar-refractivity contribution in [3.05, 3.63) is 36.0 Å². The number of fused-ring (bicyclic) bond motifs is 1. The molecule has 1 amide bonds. The third-order valence-corrected chi connectivity index (χ3v) is 4.84. The fourth-order valence-electron chi connectivity index (χ4n) is 3.28. The lowest BCUT2D eigenvalue weighted by Gasteiger charge is -2.22. The van der Waals surface area contributed by atoms with Crippen molar-refractivity contribution in [1.82, 2.24) is 15.2 Å². The number of aromatic nitrogens is 1. The van der Waals surface area contributed by atoms with Gasteiger partial charge in [0.1, 0.15) is 0 Å². The predicted molar refractivity (Wildman–Crippen MR) is 95.6 cm³/mol. The quantitative estimate of drug-likeness (QED) is 0.806. The van der Waals surface area contributed by atoms with Crippen molar-refractivity contribution in [3.8, 4) is 0 Å². The highest BCUT2D eigenvalue weighted by atomic mass is 16.3. The molecule has 5 nitrogen and oxygen atoms in total. The SMILES string of the molecule is CC(C)C(=O)N[C@H]1CCN(Cc2ccc3[nH]ccc3c2)CC[C@@H]1O. The topological polar surface area (TPSA) is 68.4 Å². The number of benzene rings is 1. The Morgan fingerprint density at radius 1 is 1.33 bits per heavy atom. The van der Waals surface area contributed by atoms with Crippen molar-refractivity contribution in [2.24, 2.45) is 5.92 Å². The van der Waals surface area contributed by atoms with E-state index in [0.717, 1.165) is 31.6 Å². The van der Waals surface area contributed by atoms with Gasteiger partial charge in [-0.1, -0.05) is 19.9 Å². The van der Waals surface area contributed by atoms with E-state index in [-0.39, 0.29) is 17.9 Å². The summed E-state index contributed by atoms with van der Waals surface area (Å²) >= 11 is 0. The molecule has 1 aliphatic rings. The Kier molecular flexibility index (Phi) is 5.21. The number of amides is 1. The van der Waals surface area contributed by atoms with Crippen LogP contribution in [0.4, 0.5) is 0 Å². The second-order valence-electron chi connectivity index (χ2n) is 7.09. The van der Waals surface area contributed by atoms with Crippen molar-refractivity contribution in [3.63, 3.8) is 0 Å². The van der Waals surface area contributed by atoms with Crippen LogP contribution in [0.15, 0.2) is 30.5 Å². The number of nitrogens with one attached hydrogen (secondary N) is 2. The smallest absolute Gasteiger partial charge is 0.222 e. The van der Waals surface area contributed by atoms with Crippen LogP contribution in [0, 0.1) is 5.92 Å². The number of aromatic amines is 1. The first-order valence-electron chi connectivity index (χ1n) is 8.80. The normalized spacial score (nSPS) is 22.7. The third kappa shape index (κ3) is 3.97. The van der Waals surface area contributed by atoms with Crippen molar-refractivity contribution < 1.29 is 9.90 Å². The van der Waals surface area contributed by atoms with E-state index in [2.05, 4.69) is 39.5 Å². The molecule has 0 saturated carbocycles. The Morgan fingerprint density at radius 2 is 2.12 bits per heavy atom. The third-order valence-electron chi connectivity index (χ3n) is 4.84. The van der Waals surface area contributed by atoms with Crippen molar-refractivity contribution in [2.75, 3.05) is 13.1 Å². The van der Waals surface area contributed by atoms with Crippen LogP contribution in [-0.2, 0) is 11.3 Å². The van der Waals surface area contributed by atoms with Gasteiger partial charge in [0, 0.05) is 37.3 Å². The molecule has 2 atom stereocenters. The van der Waals surface area contributed by atoms with Crippen molar-refractivity contribution in [1.29, 1.82) is 0 Å². The number of nitrogens with zero attached hydrogens (tertiary/aromatic N) is 1. The predicted octanol–water partition coefficient (Wildman–Crippen LogP) is 2.27. The molecule has 1 aromatic carbocycles. The average Bonchev–Trinajstić information content (AvgIpc) is 2.96. The Morgan fingerprint density at radius 3 is 2.92 bits per heavy atom. The monoisotopic (exact) mass is 329 g/mol. The molecule has 0 unspecified atom stereocenters. The first kappa shape index (κ1) is 17.0. The van der Waals surface area contributed by atoms with Crippen LogP contribution in [0.1, 0.15) is 32.3 Å². The van der Waals surface area contributed by atoms with E-state index >= 15 is 0 Å². The van der Waals surface area contributed by atoms with E-state index in [4.69, 9.17) is 0 Å². The Hall–Kier alpha value is -1.85. The largest absolute Gasteiger partial charge is 0.391 e. The minimum atomic E-state index is -0.468. The lowest BCUT2D eigenvalue weighted by Crippen LogP contribution is -2.44. The van der Waals surface area contributed by atoms with Gasteiger partial charge in [-0.3, -0.25) is 9.69 Å². The molecular formula is C19H27N3O2. The van der Waals surface area contributed by atoms with Crippen molar-refractivity contribution in [2.45, 2.75) is 45.4 Å². The average molecular weight is 329 g/mol. The molecule has 3 N–H and O–H groups in total. The van der Waals surface area contributed by atoms with Gasteiger partial charge in [0.25, 0.3) is 0 Å². The van der Waals surface area contributed by atoms with Crippen LogP contribution >= 0.6 is 0 Å². The van der Waals surface area contributed by atoms with Gasteiger partial charge in [0.2, 0.25) is 5.91 Å². The van der Waals surface area contributed by atoms with E-state index in [1.807, 2.05) is 20.0 Å². The van der Waals surface area contributed by atoms with Crippen molar-refractivity contribution >= 4 is 16.8 Å². The van der Waals surface area contributed by atoms with E-state index in [1.165, 1.54) is 10.9 Å². The molecule has 3 rings (SSSR count). The number of aliphatic hydroxyl groups excluding tert-OH is 1. The lowest BCUT2D eigenvalue weighted by molar-refractivity contribution is -0.125. The molecule has 2 heterocycles. The van der Waals surface area contributed by atoms with Gasteiger partial charge >= 0.3 is 0 Å². The standard InChI is InChI=1S/C19H27N3O2/c1-13(2)19(24)21-17-6-9-22(10-7-18(17)23)12-14-3-4-16-15(11-14)5-8-20-16/h3-5,8,11,13,17-18,20,23H,6-7,9-10,12H2,1-2H3,(H,21,24)/t17-,18-/m0/s1. The summed E-state index contributed by atoms with van der Waals surface area (Å²) in [5.74, 6) is -0.0324. The number of likely N-dealkylation sites (tertiary alicyclic amines) is 1. The van der Waals surface area contributed by atoms with Crippen LogP contribution < -0.4 is 5.32 Å². The van der Waals surface area contributed by atoms with Gasteiger partial charge in [-0.25, -0.2) is 0 Å². The maximum Gasteiger partial charge on any atom is 0.222 e. The minimum absolute atomic E-state index is 0.0189. The van der Waals surface area contributed by atoms with Gasteiger partial charge in [0.05, 0.1) is 12.1 Å². The van der Waals surface area contributed by atoms with Crippen LogP contribution in [0.3, 0.4) is 0 Å². The fraction of sp³-hybridized carbons (Fsp3) is 0.526. The zero-order valence-corrected chi connectivity index (χ0v) is 14.5. The van der Waals surface area contributed by atoms with Gasteiger partial charge < -0.3 is 15.4 Å². The Balaban J connectivity index is 1.61. The van der Waals surface area contributed by atoms with E-state index < -0.39 is 6.10 Å². The zero-order valence-electron chi connectivity index (χ0n) is 14.5. The molecule has 2 aromatic rings. The number of rotatable bonds is 4. The molecule has 0 spiro atoms. The number of aliphatic hydroxyl groups is 1. The van der Waals surface area contributed by atoms with Gasteiger partial charge in [-0.15, -0.1) is 0 Å². The summed E-state index contributed by atoms with van der Waals surface area (Å²) in [7, 11) is 0. The molecule has 5 heteroatoms. The van der Waals surface area contributed by atoms with Gasteiger partial charge in [-0.05, 0) is 42.0 Å². The molecule has 130 valence electrons. The van der Waals surface area contributed by atoms with Gasteiger partial charge in [-0.2, -0.15) is 0 Å². The number of H-pyrrole nitrogens is 1. The van der Waals surface area contributed by atoms with Crippen LogP contribution in [0.25, 0.3) is 10.9 Å². The van der Waals surface area contributed by atoms with E-state index in [9.17, 15) is 9.90 Å². The Bertz CT molecular complexity index is 695. The second kappa shape index (κ2) is 7.36. The Labute approximate surface area is 143 Å². The second-order valence-corrected chi connectivity index (χ2v) is 7.09. The molecule has 0 aliphatic carbocycles. The van der Waals surface area contributed by atoms with E-state index in [0.29, 0.717) is 6.42 Å². The summed E-state index contributed by atoms with van der Waals surface area (Å²) in [6.45, 7) is 6.36. The summed E-state index contributed by atoms with van der Waals surface area (Å²) in [6.07, 6.45) is 2.96. The lowest BCUT2D eigenvalue weighted by atomic mass is 10.1. The first-order valence-corrected chi connectivity index (χ1v) is 8.80. The number of carbonyl (C=O) groups excluding carboxylic acids is 1. The summed E-state index contributed by atoms with van der Waals surface area (Å²) in [5.41, 5.74) is 2.43. The van der Waals surface area contributed by atoms with Crippen LogP contribution in [0.5, 0.6) is 0 Å². The molecule has 24 heavy (non-hydrogen) atoms. The zero-order chi connectivity index (χ0) is 17.1. The number of hydrogen-bond acceptors (Lipinski definition) is 3. The highest BCUT2D eigenvalue weighted by Gasteiger charge is 2.26. The summed E-state index contributed by atoms with van der Waals surface area (Å²) in [6, 6.07) is 8.42. The number of carbonyl (C=O) groups is 1. The molecule has 1 fully saturated rings.